The van der Waals surface area contributed by atoms with Gasteiger partial charge in [0.15, 0.2) is 8.32 Å². The molecule has 0 saturated carbocycles. The van der Waals surface area contributed by atoms with Crippen molar-refractivity contribution in [3.8, 4) is 0 Å². The Hall–Kier alpha value is -1.23. The van der Waals surface area contributed by atoms with E-state index >= 15 is 0 Å². The van der Waals surface area contributed by atoms with Gasteiger partial charge < -0.3 is 4.43 Å². The van der Waals surface area contributed by atoms with Crippen LogP contribution in [0.3, 0.4) is 0 Å². The molecule has 0 aromatic heterocycles. The number of aryl methyl sites for hydroxylation is 1. The van der Waals surface area contributed by atoms with Crippen molar-refractivity contribution >= 4 is 19.1 Å². The van der Waals surface area contributed by atoms with E-state index in [1.807, 2.05) is 49.4 Å². The van der Waals surface area contributed by atoms with Crippen LogP contribution in [0.2, 0.25) is 19.6 Å². The van der Waals surface area contributed by atoms with Crippen LogP contribution in [0, 0.1) is 6.92 Å². The van der Waals surface area contributed by atoms with Crippen LogP contribution in [0.25, 0.3) is 0 Å². The molecule has 118 valence electrons. The first-order valence-electron chi connectivity index (χ1n) is 7.53. The van der Waals surface area contributed by atoms with Crippen molar-refractivity contribution in [3.05, 3.63) is 65.7 Å². The SMILES string of the molecule is Cc1ccc(S(=O)C[C@@H](O[Si](C)(C)C)c2ccccc2)cc1. The molecule has 0 N–H and O–H groups in total. The second-order valence-corrected chi connectivity index (χ2v) is 12.4. The fraction of sp³-hybridized carbons (Fsp3) is 0.333. The van der Waals surface area contributed by atoms with E-state index in [0.29, 0.717) is 5.75 Å². The summed E-state index contributed by atoms with van der Waals surface area (Å²) in [7, 11) is -2.77. The molecule has 1 unspecified atom stereocenters. The summed E-state index contributed by atoms with van der Waals surface area (Å²) in [6.07, 6.45) is -0.116. The van der Waals surface area contributed by atoms with Crippen molar-refractivity contribution in [2.24, 2.45) is 0 Å². The molecule has 0 aliphatic carbocycles. The largest absolute Gasteiger partial charge is 0.410 e. The molecule has 2 rings (SSSR count). The van der Waals surface area contributed by atoms with Gasteiger partial charge in [0.2, 0.25) is 0 Å². The van der Waals surface area contributed by atoms with Crippen molar-refractivity contribution in [1.29, 1.82) is 0 Å². The molecule has 0 bridgehead atoms. The Labute approximate surface area is 137 Å². The summed E-state index contributed by atoms with van der Waals surface area (Å²) in [4.78, 5) is 0.866. The van der Waals surface area contributed by atoms with Gasteiger partial charge in [-0.1, -0.05) is 48.0 Å². The average molecular weight is 333 g/mol. The minimum Gasteiger partial charge on any atom is -0.410 e. The first-order valence-corrected chi connectivity index (χ1v) is 12.3. The molecule has 2 aromatic carbocycles. The molecule has 2 aromatic rings. The minimum atomic E-state index is -1.71. The van der Waals surface area contributed by atoms with Crippen LogP contribution in [0.5, 0.6) is 0 Å². The van der Waals surface area contributed by atoms with Crippen LogP contribution in [0.15, 0.2) is 59.5 Å². The van der Waals surface area contributed by atoms with Crippen molar-refractivity contribution in [1.82, 2.24) is 0 Å². The molecule has 22 heavy (non-hydrogen) atoms. The minimum absolute atomic E-state index is 0.116. The lowest BCUT2D eigenvalue weighted by Crippen LogP contribution is -2.30. The van der Waals surface area contributed by atoms with Crippen LogP contribution in [-0.4, -0.2) is 18.3 Å². The van der Waals surface area contributed by atoms with Crippen LogP contribution < -0.4 is 0 Å². The molecule has 2 nitrogen and oxygen atoms in total. The molecule has 4 heteroatoms. The molecule has 0 fully saturated rings. The lowest BCUT2D eigenvalue weighted by atomic mass is 10.1. The number of hydrogen-bond donors (Lipinski definition) is 0. The van der Waals surface area contributed by atoms with Gasteiger partial charge in [-0.05, 0) is 44.3 Å². The predicted octanol–water partition coefficient (Wildman–Crippen LogP) is 4.70. The van der Waals surface area contributed by atoms with Crippen molar-refractivity contribution in [2.45, 2.75) is 37.6 Å². The van der Waals surface area contributed by atoms with E-state index in [4.69, 9.17) is 4.43 Å². The van der Waals surface area contributed by atoms with Gasteiger partial charge in [-0.25, -0.2) is 0 Å². The van der Waals surface area contributed by atoms with E-state index in [2.05, 4.69) is 31.8 Å². The highest BCUT2D eigenvalue weighted by atomic mass is 32.2. The first-order chi connectivity index (χ1) is 10.3. The van der Waals surface area contributed by atoms with Gasteiger partial charge >= 0.3 is 0 Å². The predicted molar refractivity (Wildman–Crippen MR) is 96.1 cm³/mol. The quantitative estimate of drug-likeness (QED) is 0.717. The summed E-state index contributed by atoms with van der Waals surface area (Å²) in [5.74, 6) is 0.497. The Bertz CT molecular complexity index is 618. The Balaban J connectivity index is 2.19. The first kappa shape index (κ1) is 17.1. The second-order valence-electron chi connectivity index (χ2n) is 6.45. The smallest absolute Gasteiger partial charge is 0.184 e. The lowest BCUT2D eigenvalue weighted by Gasteiger charge is -2.26. The van der Waals surface area contributed by atoms with Crippen LogP contribution in [-0.2, 0) is 15.2 Å². The summed E-state index contributed by atoms with van der Waals surface area (Å²) in [6.45, 7) is 8.53. The molecule has 0 radical (unpaired) electrons. The molecule has 0 spiro atoms. The number of benzene rings is 2. The zero-order chi connectivity index (χ0) is 16.2. The van der Waals surface area contributed by atoms with Gasteiger partial charge in [0.1, 0.15) is 0 Å². The van der Waals surface area contributed by atoms with Gasteiger partial charge in [0.05, 0.1) is 22.7 Å². The van der Waals surface area contributed by atoms with Crippen LogP contribution >= 0.6 is 0 Å². The average Bonchev–Trinajstić information content (AvgIpc) is 2.47. The van der Waals surface area contributed by atoms with Gasteiger partial charge in [0, 0.05) is 4.90 Å². The molecule has 0 heterocycles. The van der Waals surface area contributed by atoms with E-state index < -0.39 is 19.1 Å². The molecule has 0 saturated heterocycles. The normalized spacial score (nSPS) is 14.5. The fourth-order valence-corrected chi connectivity index (χ4v) is 4.58. The topological polar surface area (TPSA) is 26.3 Å². The summed E-state index contributed by atoms with van der Waals surface area (Å²) >= 11 is 0. The van der Waals surface area contributed by atoms with Crippen LogP contribution in [0.4, 0.5) is 0 Å². The zero-order valence-electron chi connectivity index (χ0n) is 13.7. The van der Waals surface area contributed by atoms with Crippen molar-refractivity contribution in [2.75, 3.05) is 5.75 Å². The monoisotopic (exact) mass is 332 g/mol. The maximum atomic E-state index is 12.7. The van der Waals surface area contributed by atoms with Gasteiger partial charge in [-0.3, -0.25) is 4.21 Å². The zero-order valence-corrected chi connectivity index (χ0v) is 15.5. The third kappa shape index (κ3) is 5.20. The van der Waals surface area contributed by atoms with E-state index in [9.17, 15) is 4.21 Å². The van der Waals surface area contributed by atoms with Crippen molar-refractivity contribution in [3.63, 3.8) is 0 Å². The van der Waals surface area contributed by atoms with Crippen LogP contribution in [0.1, 0.15) is 17.2 Å². The summed E-state index contributed by atoms with van der Waals surface area (Å²) in [5, 5.41) is 0. The molecular weight excluding hydrogens is 308 g/mol. The highest BCUT2D eigenvalue weighted by molar-refractivity contribution is 7.85. The Kier molecular flexibility index (Phi) is 5.73. The Morgan fingerprint density at radius 1 is 1.00 bits per heavy atom. The van der Waals surface area contributed by atoms with E-state index in [0.717, 1.165) is 10.5 Å². The second kappa shape index (κ2) is 7.35. The molecule has 0 aliphatic heterocycles. The van der Waals surface area contributed by atoms with E-state index in [1.54, 1.807) is 0 Å². The third-order valence-electron chi connectivity index (χ3n) is 3.25. The lowest BCUT2D eigenvalue weighted by molar-refractivity contribution is 0.222. The summed E-state index contributed by atoms with van der Waals surface area (Å²) < 4.78 is 19.0. The van der Waals surface area contributed by atoms with Crippen molar-refractivity contribution < 1.29 is 8.63 Å². The number of rotatable bonds is 6. The van der Waals surface area contributed by atoms with Gasteiger partial charge in [-0.2, -0.15) is 0 Å². The highest BCUT2D eigenvalue weighted by Gasteiger charge is 2.24. The number of hydrogen-bond acceptors (Lipinski definition) is 2. The maximum absolute atomic E-state index is 12.7. The van der Waals surface area contributed by atoms with E-state index in [1.165, 1.54) is 5.56 Å². The summed E-state index contributed by atoms with van der Waals surface area (Å²) in [6, 6.07) is 18.0. The summed E-state index contributed by atoms with van der Waals surface area (Å²) in [5.41, 5.74) is 2.28. The molecular formula is C18H24O2SSi. The Morgan fingerprint density at radius 2 is 1.59 bits per heavy atom. The maximum Gasteiger partial charge on any atom is 0.184 e. The van der Waals surface area contributed by atoms with Gasteiger partial charge in [0.25, 0.3) is 0 Å². The molecule has 0 amide bonds. The third-order valence-corrected chi connectivity index (χ3v) is 5.65. The molecule has 0 aliphatic rings. The van der Waals surface area contributed by atoms with Gasteiger partial charge in [-0.15, -0.1) is 0 Å². The Morgan fingerprint density at radius 3 is 2.14 bits per heavy atom. The highest BCUT2D eigenvalue weighted by Crippen LogP contribution is 2.25. The van der Waals surface area contributed by atoms with E-state index in [-0.39, 0.29) is 6.10 Å². The fourth-order valence-electron chi connectivity index (χ4n) is 2.22. The standard InChI is InChI=1S/C18H24O2SSi/c1-15-10-12-17(13-11-15)21(19)14-18(20-22(2,3)4)16-8-6-5-7-9-16/h5-13,18H,14H2,1-4H3/t18-,21?/m1/s1. The molecule has 2 atom stereocenters.